The first-order chi connectivity index (χ1) is 8.85. The van der Waals surface area contributed by atoms with Crippen molar-refractivity contribution in [2.75, 3.05) is 0 Å². The van der Waals surface area contributed by atoms with Crippen LogP contribution in [0.3, 0.4) is 0 Å². The van der Waals surface area contributed by atoms with Gasteiger partial charge in [0, 0.05) is 0 Å². The second kappa shape index (κ2) is 5.46. The third-order valence-electron chi connectivity index (χ3n) is 4.00. The van der Waals surface area contributed by atoms with Gasteiger partial charge in [-0.05, 0) is 59.7 Å². The molecule has 0 bridgehead atoms. The standard InChI is InChI=1S/C14H17BrF2O2/c1-8-4-6-14(19,7-5-8)13(18)11-10(16)3-2-9(15)12(11)17/h2-3,8,13,18-19H,4-7H2,1H3. The van der Waals surface area contributed by atoms with E-state index in [1.165, 1.54) is 6.07 Å². The van der Waals surface area contributed by atoms with E-state index in [2.05, 4.69) is 22.9 Å². The van der Waals surface area contributed by atoms with Crippen LogP contribution in [0.4, 0.5) is 8.78 Å². The molecule has 1 atom stereocenters. The van der Waals surface area contributed by atoms with Crippen LogP contribution in [0.25, 0.3) is 0 Å². The Morgan fingerprint density at radius 3 is 2.47 bits per heavy atom. The molecular weight excluding hydrogens is 318 g/mol. The lowest BCUT2D eigenvalue weighted by atomic mass is 9.75. The summed E-state index contributed by atoms with van der Waals surface area (Å²) in [6, 6.07) is 2.33. The number of hydrogen-bond donors (Lipinski definition) is 2. The molecule has 0 saturated heterocycles. The van der Waals surface area contributed by atoms with Crippen LogP contribution >= 0.6 is 15.9 Å². The predicted molar refractivity (Wildman–Crippen MR) is 71.6 cm³/mol. The molecule has 19 heavy (non-hydrogen) atoms. The summed E-state index contributed by atoms with van der Waals surface area (Å²) in [6.07, 6.45) is 0.634. The highest BCUT2D eigenvalue weighted by Crippen LogP contribution is 2.42. The second-order valence-corrected chi connectivity index (χ2v) is 6.30. The quantitative estimate of drug-likeness (QED) is 0.809. The summed E-state index contributed by atoms with van der Waals surface area (Å²) in [7, 11) is 0. The van der Waals surface area contributed by atoms with Gasteiger partial charge in [0.2, 0.25) is 0 Å². The van der Waals surface area contributed by atoms with E-state index in [4.69, 9.17) is 0 Å². The summed E-state index contributed by atoms with van der Waals surface area (Å²) in [4.78, 5) is 0. The lowest BCUT2D eigenvalue weighted by molar-refractivity contribution is -0.107. The smallest absolute Gasteiger partial charge is 0.146 e. The third-order valence-corrected chi connectivity index (χ3v) is 4.61. The molecule has 2 nitrogen and oxygen atoms in total. The summed E-state index contributed by atoms with van der Waals surface area (Å²) < 4.78 is 27.8. The summed E-state index contributed by atoms with van der Waals surface area (Å²) >= 11 is 2.97. The van der Waals surface area contributed by atoms with Gasteiger partial charge in [0.25, 0.3) is 0 Å². The monoisotopic (exact) mass is 334 g/mol. The predicted octanol–water partition coefficient (Wildman–Crippen LogP) is 3.70. The molecule has 1 saturated carbocycles. The Labute approximate surface area is 119 Å². The van der Waals surface area contributed by atoms with Crippen molar-refractivity contribution in [1.82, 2.24) is 0 Å². The molecule has 2 rings (SSSR count). The Bertz CT molecular complexity index is 471. The SMILES string of the molecule is CC1CCC(O)(C(O)c2c(F)ccc(Br)c2F)CC1. The first kappa shape index (κ1) is 14.9. The first-order valence-corrected chi connectivity index (χ1v) is 7.18. The molecule has 2 N–H and O–H groups in total. The van der Waals surface area contributed by atoms with Crippen molar-refractivity contribution >= 4 is 15.9 Å². The molecule has 0 aromatic heterocycles. The number of aliphatic hydroxyl groups is 2. The van der Waals surface area contributed by atoms with E-state index in [0.29, 0.717) is 18.8 Å². The normalized spacial score (nSPS) is 29.3. The molecule has 0 heterocycles. The molecule has 1 aliphatic carbocycles. The molecule has 0 spiro atoms. The van der Waals surface area contributed by atoms with E-state index < -0.39 is 28.9 Å². The lowest BCUT2D eigenvalue weighted by Crippen LogP contribution is -2.40. The van der Waals surface area contributed by atoms with Gasteiger partial charge in [0.15, 0.2) is 0 Å². The molecule has 0 amide bonds. The number of benzene rings is 1. The third kappa shape index (κ3) is 2.83. The molecule has 1 unspecified atom stereocenters. The van der Waals surface area contributed by atoms with Crippen molar-refractivity contribution in [2.45, 2.75) is 44.3 Å². The van der Waals surface area contributed by atoms with Gasteiger partial charge in [0.1, 0.15) is 17.7 Å². The summed E-state index contributed by atoms with van der Waals surface area (Å²) in [5.41, 5.74) is -1.90. The van der Waals surface area contributed by atoms with Crippen LogP contribution in [0, 0.1) is 17.6 Å². The highest BCUT2D eigenvalue weighted by atomic mass is 79.9. The van der Waals surface area contributed by atoms with Crippen LogP contribution in [0.5, 0.6) is 0 Å². The molecule has 1 aromatic rings. The van der Waals surface area contributed by atoms with Crippen molar-refractivity contribution in [2.24, 2.45) is 5.92 Å². The molecule has 106 valence electrons. The minimum absolute atomic E-state index is 0.0794. The highest BCUT2D eigenvalue weighted by Gasteiger charge is 2.41. The van der Waals surface area contributed by atoms with Crippen molar-refractivity contribution < 1.29 is 19.0 Å². The van der Waals surface area contributed by atoms with Gasteiger partial charge in [-0.25, -0.2) is 8.78 Å². The number of aliphatic hydroxyl groups excluding tert-OH is 1. The Kier molecular flexibility index (Phi) is 4.28. The van der Waals surface area contributed by atoms with Gasteiger partial charge in [-0.15, -0.1) is 0 Å². The van der Waals surface area contributed by atoms with E-state index in [-0.39, 0.29) is 4.47 Å². The van der Waals surface area contributed by atoms with Gasteiger partial charge in [-0.2, -0.15) is 0 Å². The summed E-state index contributed by atoms with van der Waals surface area (Å²) in [5.74, 6) is -1.22. The molecule has 1 fully saturated rings. The van der Waals surface area contributed by atoms with Crippen LogP contribution in [-0.2, 0) is 0 Å². The van der Waals surface area contributed by atoms with Crippen LogP contribution in [-0.4, -0.2) is 15.8 Å². The minimum Gasteiger partial charge on any atom is -0.387 e. The molecule has 5 heteroatoms. The Morgan fingerprint density at radius 1 is 1.32 bits per heavy atom. The molecule has 0 aliphatic heterocycles. The van der Waals surface area contributed by atoms with Gasteiger partial charge >= 0.3 is 0 Å². The maximum absolute atomic E-state index is 14.0. The Balaban J connectivity index is 2.34. The van der Waals surface area contributed by atoms with Gasteiger partial charge < -0.3 is 10.2 Å². The van der Waals surface area contributed by atoms with E-state index in [1.54, 1.807) is 0 Å². The maximum Gasteiger partial charge on any atom is 0.146 e. The molecule has 0 radical (unpaired) electrons. The molecule has 1 aromatic carbocycles. The molecular formula is C14H17BrF2O2. The van der Waals surface area contributed by atoms with Crippen molar-refractivity contribution in [3.63, 3.8) is 0 Å². The highest BCUT2D eigenvalue weighted by molar-refractivity contribution is 9.10. The summed E-state index contributed by atoms with van der Waals surface area (Å²) in [6.45, 7) is 2.06. The zero-order valence-corrected chi connectivity index (χ0v) is 12.3. The average molecular weight is 335 g/mol. The fourth-order valence-corrected chi connectivity index (χ4v) is 2.94. The number of rotatable bonds is 2. The maximum atomic E-state index is 14.0. The topological polar surface area (TPSA) is 40.5 Å². The average Bonchev–Trinajstić information content (AvgIpc) is 2.38. The van der Waals surface area contributed by atoms with E-state index in [0.717, 1.165) is 18.9 Å². The first-order valence-electron chi connectivity index (χ1n) is 6.39. The number of hydrogen-bond acceptors (Lipinski definition) is 2. The number of halogens is 3. The molecule has 1 aliphatic rings. The van der Waals surface area contributed by atoms with Crippen LogP contribution in [0.15, 0.2) is 16.6 Å². The van der Waals surface area contributed by atoms with Crippen LogP contribution < -0.4 is 0 Å². The van der Waals surface area contributed by atoms with Crippen LogP contribution in [0.1, 0.15) is 44.3 Å². The second-order valence-electron chi connectivity index (χ2n) is 5.45. The lowest BCUT2D eigenvalue weighted by Gasteiger charge is -2.38. The zero-order chi connectivity index (χ0) is 14.2. The Morgan fingerprint density at radius 2 is 1.89 bits per heavy atom. The van der Waals surface area contributed by atoms with Crippen molar-refractivity contribution in [3.05, 3.63) is 33.8 Å². The van der Waals surface area contributed by atoms with E-state index >= 15 is 0 Å². The summed E-state index contributed by atoms with van der Waals surface area (Å²) in [5, 5.41) is 20.7. The van der Waals surface area contributed by atoms with Crippen molar-refractivity contribution in [3.8, 4) is 0 Å². The fourth-order valence-electron chi connectivity index (χ4n) is 2.60. The van der Waals surface area contributed by atoms with Crippen LogP contribution in [0.2, 0.25) is 0 Å². The Hall–Kier alpha value is -0.520. The van der Waals surface area contributed by atoms with Gasteiger partial charge in [-0.3, -0.25) is 0 Å². The van der Waals surface area contributed by atoms with Crippen molar-refractivity contribution in [1.29, 1.82) is 0 Å². The van der Waals surface area contributed by atoms with E-state index in [9.17, 15) is 19.0 Å². The van der Waals surface area contributed by atoms with E-state index in [1.807, 2.05) is 0 Å². The largest absolute Gasteiger partial charge is 0.387 e. The van der Waals surface area contributed by atoms with Gasteiger partial charge in [0.05, 0.1) is 15.6 Å². The van der Waals surface area contributed by atoms with Gasteiger partial charge in [-0.1, -0.05) is 6.92 Å². The zero-order valence-electron chi connectivity index (χ0n) is 10.7. The minimum atomic E-state index is -1.54. The fraction of sp³-hybridized carbons (Fsp3) is 0.571.